The van der Waals surface area contributed by atoms with Gasteiger partial charge in [-0.25, -0.2) is 4.39 Å². The molecule has 0 aromatic heterocycles. The quantitative estimate of drug-likeness (QED) is 0.546. The van der Waals surface area contributed by atoms with Crippen molar-refractivity contribution in [2.75, 3.05) is 0 Å². The van der Waals surface area contributed by atoms with Gasteiger partial charge >= 0.3 is 11.9 Å². The fourth-order valence-electron chi connectivity index (χ4n) is 1.54. The summed E-state index contributed by atoms with van der Waals surface area (Å²) in [7, 11) is 0. The maximum atomic E-state index is 13.4. The normalized spacial score (nSPS) is 20.5. The number of hydrogen-bond donors (Lipinski definition) is 0. The molecule has 0 spiro atoms. The molecule has 15 heavy (non-hydrogen) atoms. The van der Waals surface area contributed by atoms with E-state index in [1.807, 2.05) is 0 Å². The smallest absolute Gasteiger partial charge is 0.321 e. The van der Waals surface area contributed by atoms with Gasteiger partial charge in [-0.3, -0.25) is 9.59 Å². The second-order valence-electron chi connectivity index (χ2n) is 3.19. The van der Waals surface area contributed by atoms with Crippen LogP contribution in [0.5, 0.6) is 0 Å². The topological polar surface area (TPSA) is 43.4 Å². The van der Waals surface area contributed by atoms with E-state index in [1.165, 1.54) is 18.2 Å². The van der Waals surface area contributed by atoms with E-state index < -0.39 is 23.7 Å². The van der Waals surface area contributed by atoms with E-state index in [-0.39, 0.29) is 17.0 Å². The van der Waals surface area contributed by atoms with Crippen molar-refractivity contribution in [2.45, 2.75) is 12.3 Å². The molecule has 1 heterocycles. The molecule has 0 aliphatic carbocycles. The molecule has 1 aromatic rings. The van der Waals surface area contributed by atoms with Crippen molar-refractivity contribution in [2.24, 2.45) is 0 Å². The molecule has 1 aliphatic heterocycles. The molecule has 0 N–H and O–H groups in total. The van der Waals surface area contributed by atoms with Gasteiger partial charge in [0.1, 0.15) is 5.82 Å². The van der Waals surface area contributed by atoms with Gasteiger partial charge < -0.3 is 4.74 Å². The lowest BCUT2D eigenvalue weighted by Gasteiger charge is -2.08. The number of rotatable bonds is 1. The Labute approximate surface area is 89.8 Å². The summed E-state index contributed by atoms with van der Waals surface area (Å²) in [6.07, 6.45) is -0.153. The molecule has 0 amide bonds. The average molecular weight is 229 g/mol. The van der Waals surface area contributed by atoms with Gasteiger partial charge in [0.25, 0.3) is 0 Å². The van der Waals surface area contributed by atoms with Gasteiger partial charge in [-0.05, 0) is 12.1 Å². The molecule has 1 aromatic carbocycles. The second-order valence-corrected chi connectivity index (χ2v) is 3.59. The molecule has 0 unspecified atom stereocenters. The van der Waals surface area contributed by atoms with Crippen LogP contribution in [0.2, 0.25) is 5.02 Å². The fraction of sp³-hybridized carbons (Fsp3) is 0.200. The molecule has 1 saturated heterocycles. The van der Waals surface area contributed by atoms with Gasteiger partial charge in [0.2, 0.25) is 0 Å². The van der Waals surface area contributed by atoms with Crippen LogP contribution >= 0.6 is 11.6 Å². The van der Waals surface area contributed by atoms with E-state index in [0.29, 0.717) is 0 Å². The van der Waals surface area contributed by atoms with Crippen LogP contribution in [-0.2, 0) is 14.3 Å². The maximum Gasteiger partial charge on any atom is 0.321 e. The van der Waals surface area contributed by atoms with Crippen LogP contribution in [0.4, 0.5) is 4.39 Å². The van der Waals surface area contributed by atoms with Crippen molar-refractivity contribution in [3.63, 3.8) is 0 Å². The SMILES string of the molecule is O=C1C[C@@H](c2c(F)cccc2Cl)C(=O)O1. The molecule has 5 heteroatoms. The van der Waals surface area contributed by atoms with E-state index in [1.54, 1.807) is 0 Å². The second kappa shape index (κ2) is 3.62. The molecule has 0 bridgehead atoms. The Morgan fingerprint density at radius 2 is 2.13 bits per heavy atom. The van der Waals surface area contributed by atoms with Crippen molar-refractivity contribution in [3.8, 4) is 0 Å². The molecule has 1 atom stereocenters. The minimum Gasteiger partial charge on any atom is -0.393 e. The molecule has 0 radical (unpaired) electrons. The Hall–Kier alpha value is -1.42. The number of benzene rings is 1. The summed E-state index contributed by atoms with van der Waals surface area (Å²) in [6.45, 7) is 0. The van der Waals surface area contributed by atoms with Gasteiger partial charge in [0.15, 0.2) is 0 Å². The Balaban J connectivity index is 2.46. The number of cyclic esters (lactones) is 2. The van der Waals surface area contributed by atoms with Crippen LogP contribution in [0, 0.1) is 5.82 Å². The van der Waals surface area contributed by atoms with Crippen LogP contribution in [-0.4, -0.2) is 11.9 Å². The highest BCUT2D eigenvalue weighted by Crippen LogP contribution is 2.34. The number of carbonyl (C=O) groups excluding carboxylic acids is 2. The monoisotopic (exact) mass is 228 g/mol. The lowest BCUT2D eigenvalue weighted by atomic mass is 9.97. The highest BCUT2D eigenvalue weighted by molar-refractivity contribution is 6.31. The molecule has 2 rings (SSSR count). The van der Waals surface area contributed by atoms with Crippen LogP contribution < -0.4 is 0 Å². The lowest BCUT2D eigenvalue weighted by Crippen LogP contribution is -2.08. The Bertz CT molecular complexity index is 424. The summed E-state index contributed by atoms with van der Waals surface area (Å²) in [5.74, 6) is -2.90. The third-order valence-electron chi connectivity index (χ3n) is 2.22. The van der Waals surface area contributed by atoms with E-state index in [0.717, 1.165) is 0 Å². The highest BCUT2D eigenvalue weighted by Gasteiger charge is 2.37. The zero-order chi connectivity index (χ0) is 11.0. The van der Waals surface area contributed by atoms with Crippen LogP contribution in [0.25, 0.3) is 0 Å². The van der Waals surface area contributed by atoms with Crippen molar-refractivity contribution in [3.05, 3.63) is 34.6 Å². The Kier molecular flexibility index (Phi) is 2.44. The van der Waals surface area contributed by atoms with Crippen molar-refractivity contribution >= 4 is 23.5 Å². The third kappa shape index (κ3) is 1.72. The van der Waals surface area contributed by atoms with Gasteiger partial charge in [-0.1, -0.05) is 17.7 Å². The molecule has 3 nitrogen and oxygen atoms in total. The molecule has 1 aliphatic rings. The largest absolute Gasteiger partial charge is 0.393 e. The van der Waals surface area contributed by atoms with Gasteiger partial charge in [-0.15, -0.1) is 0 Å². The average Bonchev–Trinajstić information content (AvgIpc) is 2.45. The predicted octanol–water partition coefficient (Wildman–Crippen LogP) is 2.04. The molecular weight excluding hydrogens is 223 g/mol. The van der Waals surface area contributed by atoms with E-state index in [2.05, 4.69) is 4.74 Å². The molecule has 0 saturated carbocycles. The zero-order valence-corrected chi connectivity index (χ0v) is 8.25. The lowest BCUT2D eigenvalue weighted by molar-refractivity contribution is -0.152. The van der Waals surface area contributed by atoms with E-state index in [4.69, 9.17) is 11.6 Å². The standard InChI is InChI=1S/C10H6ClFO3/c11-6-2-1-3-7(12)9(6)5-4-8(13)15-10(5)14/h1-3,5H,4H2/t5-/m0/s1. The molecular formula is C10H6ClFO3. The summed E-state index contributed by atoms with van der Waals surface area (Å²) < 4.78 is 17.7. The number of esters is 2. The number of hydrogen-bond acceptors (Lipinski definition) is 3. The first-order valence-electron chi connectivity index (χ1n) is 4.28. The van der Waals surface area contributed by atoms with Gasteiger partial charge in [0.05, 0.1) is 12.3 Å². The highest BCUT2D eigenvalue weighted by atomic mass is 35.5. The number of carbonyl (C=O) groups is 2. The Morgan fingerprint density at radius 1 is 1.40 bits per heavy atom. The zero-order valence-electron chi connectivity index (χ0n) is 7.50. The minimum atomic E-state index is -0.911. The van der Waals surface area contributed by atoms with E-state index >= 15 is 0 Å². The fourth-order valence-corrected chi connectivity index (χ4v) is 1.83. The Morgan fingerprint density at radius 3 is 2.67 bits per heavy atom. The third-order valence-corrected chi connectivity index (χ3v) is 2.55. The first kappa shape index (κ1) is 10.1. The maximum absolute atomic E-state index is 13.4. The van der Waals surface area contributed by atoms with Crippen LogP contribution in [0.1, 0.15) is 17.9 Å². The molecule has 78 valence electrons. The van der Waals surface area contributed by atoms with Gasteiger partial charge in [-0.2, -0.15) is 0 Å². The summed E-state index contributed by atoms with van der Waals surface area (Å²) in [5.41, 5.74) is 0.0371. The van der Waals surface area contributed by atoms with Crippen LogP contribution in [0.3, 0.4) is 0 Å². The summed E-state index contributed by atoms with van der Waals surface area (Å²) >= 11 is 5.76. The summed E-state index contributed by atoms with van der Waals surface area (Å²) in [5, 5.41) is 0.131. The first-order valence-corrected chi connectivity index (χ1v) is 4.66. The first-order chi connectivity index (χ1) is 7.09. The summed E-state index contributed by atoms with van der Waals surface area (Å²) in [4.78, 5) is 22.1. The number of halogens is 2. The van der Waals surface area contributed by atoms with Crippen molar-refractivity contribution < 1.29 is 18.7 Å². The predicted molar refractivity (Wildman–Crippen MR) is 49.9 cm³/mol. The van der Waals surface area contributed by atoms with Crippen molar-refractivity contribution in [1.82, 2.24) is 0 Å². The summed E-state index contributed by atoms with van der Waals surface area (Å²) in [6, 6.07) is 4.09. The van der Waals surface area contributed by atoms with Crippen LogP contribution in [0.15, 0.2) is 18.2 Å². The van der Waals surface area contributed by atoms with E-state index in [9.17, 15) is 14.0 Å². The van der Waals surface area contributed by atoms with Gasteiger partial charge in [0, 0.05) is 10.6 Å². The van der Waals surface area contributed by atoms with Crippen molar-refractivity contribution in [1.29, 1.82) is 0 Å². The molecule has 1 fully saturated rings. The minimum absolute atomic E-state index is 0.0371. The number of ether oxygens (including phenoxy) is 1.